The maximum atomic E-state index is 2.44. The van der Waals surface area contributed by atoms with Crippen molar-refractivity contribution in [2.24, 2.45) is 0 Å². The van der Waals surface area contributed by atoms with Crippen molar-refractivity contribution in [2.75, 3.05) is 0 Å². The number of nitrogens with zero attached hydrogens (tertiary/aromatic N) is 4. The van der Waals surface area contributed by atoms with E-state index in [2.05, 4.69) is 237 Å². The zero-order valence-corrected chi connectivity index (χ0v) is 38.2. The lowest BCUT2D eigenvalue weighted by Crippen LogP contribution is -1.99. The van der Waals surface area contributed by atoms with E-state index >= 15 is 0 Å². The van der Waals surface area contributed by atoms with Gasteiger partial charge >= 0.3 is 0 Å². The summed E-state index contributed by atoms with van der Waals surface area (Å²) in [6.07, 6.45) is 13.1. The predicted molar refractivity (Wildman–Crippen MR) is 281 cm³/mol. The van der Waals surface area contributed by atoms with Gasteiger partial charge in [-0.1, -0.05) is 170 Å². The van der Waals surface area contributed by atoms with Crippen LogP contribution in [-0.4, -0.2) is 18.3 Å². The van der Waals surface area contributed by atoms with E-state index in [-0.39, 0.29) is 0 Å². The zero-order chi connectivity index (χ0) is 45.0. The van der Waals surface area contributed by atoms with Crippen LogP contribution in [0.15, 0.2) is 219 Å². The van der Waals surface area contributed by atoms with Gasteiger partial charge in [-0.15, -0.1) is 0 Å². The fourth-order valence-electron chi connectivity index (χ4n) is 11.1. The summed E-state index contributed by atoms with van der Waals surface area (Å²) in [5, 5.41) is 5.31. The quantitative estimate of drug-likeness (QED) is 0.145. The van der Waals surface area contributed by atoms with Crippen molar-refractivity contribution in [3.05, 3.63) is 286 Å². The summed E-state index contributed by atoms with van der Waals surface area (Å²) >= 11 is 0. The molecule has 11 heterocycles. The highest BCUT2D eigenvalue weighted by Crippen LogP contribution is 2.31. The SMILES string of the molecule is c1ccc2c(c1)c1cn2Cc2ccc(cc2)Cc2cn(c3ccccc23)Cc2ccc(cc2)Cc2cn(c3ccccc23)Cc2ccc(cc2)Cc2cn(c3ccccc23)Cc2ccc(cc2)C1. The van der Waals surface area contributed by atoms with E-state index < -0.39 is 0 Å². The molecule has 0 unspecified atom stereocenters. The number of benzene rings is 8. The van der Waals surface area contributed by atoms with E-state index in [1.54, 1.807) is 0 Å². The first kappa shape index (κ1) is 40.2. The van der Waals surface area contributed by atoms with Gasteiger partial charge < -0.3 is 18.3 Å². The van der Waals surface area contributed by atoms with Crippen LogP contribution in [0.5, 0.6) is 0 Å². The van der Waals surface area contributed by atoms with Crippen molar-refractivity contribution in [3.8, 4) is 0 Å². The molecular formula is C64H52N4. The molecule has 19 rings (SSSR count). The molecule has 328 valence electrons. The molecule has 0 amide bonds. The minimum absolute atomic E-state index is 0.833. The van der Waals surface area contributed by atoms with Crippen LogP contribution < -0.4 is 0 Å². The first-order valence-corrected chi connectivity index (χ1v) is 24.2. The Bertz CT molecular complexity index is 3020. The fraction of sp³-hybridized carbons (Fsp3) is 0.125. The Morgan fingerprint density at radius 2 is 0.397 bits per heavy atom. The highest BCUT2D eigenvalue weighted by molar-refractivity contribution is 5.87. The summed E-state index contributed by atoms with van der Waals surface area (Å²) in [5.74, 6) is 0. The second-order valence-electron chi connectivity index (χ2n) is 19.2. The van der Waals surface area contributed by atoms with Gasteiger partial charge in [-0.3, -0.25) is 0 Å². The highest BCUT2D eigenvalue weighted by Gasteiger charge is 2.15. The topological polar surface area (TPSA) is 19.7 Å². The molecule has 4 nitrogen and oxygen atoms in total. The van der Waals surface area contributed by atoms with Crippen LogP contribution in [0.1, 0.15) is 66.8 Å². The number of hydrogen-bond acceptors (Lipinski definition) is 0. The molecule has 7 aliphatic heterocycles. The number of fused-ring (bicyclic) bond motifs is 4. The summed E-state index contributed by atoms with van der Waals surface area (Å²) in [5.41, 5.74) is 21.1. The number of rotatable bonds is 0. The lowest BCUT2D eigenvalue weighted by Gasteiger charge is -2.08. The molecule has 0 saturated heterocycles. The van der Waals surface area contributed by atoms with Crippen molar-refractivity contribution >= 4 is 43.6 Å². The van der Waals surface area contributed by atoms with E-state index in [1.165, 1.54) is 110 Å². The summed E-state index contributed by atoms with van der Waals surface area (Å²) in [7, 11) is 0. The number of aromatic nitrogens is 4. The molecule has 4 heteroatoms. The normalized spacial score (nSPS) is 13.4. The molecular weight excluding hydrogens is 825 g/mol. The maximum Gasteiger partial charge on any atom is 0.0486 e. The van der Waals surface area contributed by atoms with Crippen molar-refractivity contribution in [2.45, 2.75) is 51.9 Å². The van der Waals surface area contributed by atoms with Gasteiger partial charge in [0.25, 0.3) is 0 Å². The second kappa shape index (κ2) is 17.0. The largest absolute Gasteiger partial charge is 0.343 e. The Kier molecular flexibility index (Phi) is 10.0. The molecule has 0 fully saturated rings. The summed E-state index contributed by atoms with van der Waals surface area (Å²) in [6, 6.07) is 72.7. The Hall–Kier alpha value is -8.08. The molecule has 68 heavy (non-hydrogen) atoms. The molecule has 0 saturated carbocycles. The molecule has 0 aliphatic carbocycles. The summed E-state index contributed by atoms with van der Waals surface area (Å²) in [4.78, 5) is 0. The van der Waals surface area contributed by atoms with E-state index in [0.717, 1.165) is 51.9 Å². The lowest BCUT2D eigenvalue weighted by atomic mass is 10.0. The molecule has 16 bridgehead atoms. The van der Waals surface area contributed by atoms with Gasteiger partial charge in [0.05, 0.1) is 0 Å². The third-order valence-corrected chi connectivity index (χ3v) is 14.6. The minimum atomic E-state index is 0.833. The van der Waals surface area contributed by atoms with Crippen molar-refractivity contribution in [1.82, 2.24) is 18.3 Å². The van der Waals surface area contributed by atoms with Crippen molar-refractivity contribution in [3.63, 3.8) is 0 Å². The molecule has 0 N–H and O–H groups in total. The highest BCUT2D eigenvalue weighted by atomic mass is 15.0. The summed E-state index contributed by atoms with van der Waals surface area (Å²) < 4.78 is 9.74. The average molecular weight is 877 g/mol. The lowest BCUT2D eigenvalue weighted by molar-refractivity contribution is 0.827. The minimum Gasteiger partial charge on any atom is -0.343 e. The van der Waals surface area contributed by atoms with Gasteiger partial charge in [0.2, 0.25) is 0 Å². The van der Waals surface area contributed by atoms with Crippen LogP contribution in [0.25, 0.3) is 43.6 Å². The van der Waals surface area contributed by atoms with E-state index in [9.17, 15) is 0 Å². The number of hydrogen-bond donors (Lipinski definition) is 0. The van der Waals surface area contributed by atoms with Crippen LogP contribution in [0, 0.1) is 0 Å². The molecule has 0 spiro atoms. The van der Waals surface area contributed by atoms with Gasteiger partial charge in [-0.25, -0.2) is 0 Å². The van der Waals surface area contributed by atoms with E-state index in [0.29, 0.717) is 0 Å². The zero-order valence-electron chi connectivity index (χ0n) is 38.2. The Labute approximate surface area is 397 Å². The molecule has 0 atom stereocenters. The molecule has 8 aromatic carbocycles. The van der Waals surface area contributed by atoms with Crippen LogP contribution in [0.4, 0.5) is 0 Å². The van der Waals surface area contributed by atoms with E-state index in [4.69, 9.17) is 0 Å². The Morgan fingerprint density at radius 3 is 0.618 bits per heavy atom. The van der Waals surface area contributed by atoms with Crippen molar-refractivity contribution in [1.29, 1.82) is 0 Å². The standard InChI is InChI=1S/C64H52N4/c1-5-13-61-57(9-1)53-33-45-17-25-50(26-18-45)38-66-42-55(59-11-2-6-14-62(59)66)35-47-21-29-52(30-22-47)40-68-44-56(60-12-4-8-16-64(60)68)36-48-23-31-51(32-24-48)39-67-43-54(58-10-3-7-15-63(58)67)34-46-19-27-49(28-20-46)37-65(61)41-53/h1-32,41-44H,33-40H2. The summed E-state index contributed by atoms with van der Waals surface area (Å²) in [6.45, 7) is 3.33. The smallest absolute Gasteiger partial charge is 0.0486 e. The first-order chi connectivity index (χ1) is 33.6. The van der Waals surface area contributed by atoms with Gasteiger partial charge in [-0.2, -0.15) is 0 Å². The Morgan fingerprint density at radius 1 is 0.206 bits per heavy atom. The third-order valence-electron chi connectivity index (χ3n) is 14.6. The van der Waals surface area contributed by atoms with Crippen LogP contribution in [0.3, 0.4) is 0 Å². The maximum absolute atomic E-state index is 2.44. The van der Waals surface area contributed by atoms with Gasteiger partial charge in [0.15, 0.2) is 0 Å². The van der Waals surface area contributed by atoms with Crippen molar-refractivity contribution < 1.29 is 0 Å². The second-order valence-corrected chi connectivity index (χ2v) is 19.2. The number of para-hydroxylation sites is 4. The molecule has 7 aliphatic rings. The van der Waals surface area contributed by atoms with Gasteiger partial charge in [0.1, 0.15) is 0 Å². The molecule has 12 aromatic rings. The van der Waals surface area contributed by atoms with Gasteiger partial charge in [0, 0.05) is 94.6 Å². The monoisotopic (exact) mass is 876 g/mol. The van der Waals surface area contributed by atoms with Crippen LogP contribution in [-0.2, 0) is 51.9 Å². The fourth-order valence-corrected chi connectivity index (χ4v) is 11.1. The first-order valence-electron chi connectivity index (χ1n) is 24.2. The van der Waals surface area contributed by atoms with Crippen LogP contribution in [0.2, 0.25) is 0 Å². The van der Waals surface area contributed by atoms with Crippen LogP contribution >= 0.6 is 0 Å². The van der Waals surface area contributed by atoms with Gasteiger partial charge in [-0.05, 0) is 117 Å². The van der Waals surface area contributed by atoms with E-state index in [1.807, 2.05) is 0 Å². The predicted octanol–water partition coefficient (Wildman–Crippen LogP) is 14.4. The third kappa shape index (κ3) is 7.72. The molecule has 0 radical (unpaired) electrons. The Balaban J connectivity index is 0.845. The molecule has 4 aromatic heterocycles. The average Bonchev–Trinajstić information content (AvgIpc) is 4.12.